The van der Waals surface area contributed by atoms with E-state index in [-0.39, 0.29) is 29.1 Å². The topological polar surface area (TPSA) is 95.9 Å². The molecule has 9 heteroatoms. The zero-order valence-electron chi connectivity index (χ0n) is 23.8. The van der Waals surface area contributed by atoms with Crippen molar-refractivity contribution in [2.75, 3.05) is 23.7 Å². The maximum atomic E-state index is 13.1. The van der Waals surface area contributed by atoms with Gasteiger partial charge in [0.2, 0.25) is 10.0 Å². The molecule has 1 aliphatic carbocycles. The molecule has 2 aliphatic rings. The Bertz CT molecular complexity index is 1380. The Morgan fingerprint density at radius 2 is 2.02 bits per heavy atom. The van der Waals surface area contributed by atoms with Crippen molar-refractivity contribution in [3.05, 3.63) is 83.4 Å². The first-order chi connectivity index (χ1) is 19.6. The Labute approximate surface area is 249 Å². The zero-order chi connectivity index (χ0) is 29.6. The average Bonchev–Trinajstić information content (AvgIpc) is 2.96. The van der Waals surface area contributed by atoms with Crippen molar-refractivity contribution in [1.82, 2.24) is 4.72 Å². The number of aliphatic hydroxyl groups excluding tert-OH is 1. The van der Waals surface area contributed by atoms with E-state index in [0.29, 0.717) is 30.3 Å². The third-order valence-electron chi connectivity index (χ3n) is 8.63. The van der Waals surface area contributed by atoms with Gasteiger partial charge in [0, 0.05) is 23.7 Å². The molecular formula is C32H41ClN2O5S. The van der Waals surface area contributed by atoms with Gasteiger partial charge >= 0.3 is 0 Å². The molecule has 0 aromatic heterocycles. The maximum absolute atomic E-state index is 13.1. The number of halogens is 1. The van der Waals surface area contributed by atoms with E-state index in [1.807, 2.05) is 18.2 Å². The minimum Gasteiger partial charge on any atom is -0.487 e. The highest BCUT2D eigenvalue weighted by atomic mass is 35.5. The Morgan fingerprint density at radius 1 is 1.22 bits per heavy atom. The van der Waals surface area contributed by atoms with Crippen LogP contribution in [0.4, 0.5) is 5.69 Å². The summed E-state index contributed by atoms with van der Waals surface area (Å²) in [6.07, 6.45) is 8.22. The standard InChI is InChI=1S/C32H41ClN2O5S/c1-4-6-18-41(38,39)34-31(37)24-12-14-29-28(20-24)35(21-26-15-16-32(26,3)30(36)9-5-2)17-8-7-10-23-19-27(33)13-11-25(23)22-40-29/h4-5,11-14,19-20,26,30,36H,1-2,6-10,15-18,21-22H2,3H3,(H,34,37)/t26-,30+,32-/m1/s1. The van der Waals surface area contributed by atoms with E-state index in [0.717, 1.165) is 55.5 Å². The van der Waals surface area contributed by atoms with Crippen molar-refractivity contribution in [2.24, 2.45) is 11.3 Å². The van der Waals surface area contributed by atoms with Gasteiger partial charge in [-0.1, -0.05) is 36.7 Å². The summed E-state index contributed by atoms with van der Waals surface area (Å²) in [6, 6.07) is 10.9. The van der Waals surface area contributed by atoms with E-state index in [2.05, 4.69) is 29.7 Å². The first-order valence-electron chi connectivity index (χ1n) is 14.3. The molecule has 2 N–H and O–H groups in total. The zero-order valence-corrected chi connectivity index (χ0v) is 25.4. The number of sulfonamides is 1. The molecule has 2 aromatic carbocycles. The van der Waals surface area contributed by atoms with Crippen molar-refractivity contribution in [2.45, 2.75) is 64.6 Å². The Hall–Kier alpha value is -2.81. The Morgan fingerprint density at radius 3 is 2.73 bits per heavy atom. The number of amides is 1. The molecular weight excluding hydrogens is 560 g/mol. The summed E-state index contributed by atoms with van der Waals surface area (Å²) in [7, 11) is -3.80. The predicted molar refractivity (Wildman–Crippen MR) is 165 cm³/mol. The third kappa shape index (κ3) is 7.53. The van der Waals surface area contributed by atoms with Crippen LogP contribution < -0.4 is 14.4 Å². The van der Waals surface area contributed by atoms with Gasteiger partial charge in [-0.05, 0) is 97.7 Å². The number of benzene rings is 2. The van der Waals surface area contributed by atoms with Gasteiger partial charge in [-0.25, -0.2) is 13.1 Å². The van der Waals surface area contributed by atoms with Crippen molar-refractivity contribution < 1.29 is 23.1 Å². The summed E-state index contributed by atoms with van der Waals surface area (Å²) in [5.74, 6) is -0.0326. The van der Waals surface area contributed by atoms with Crippen molar-refractivity contribution in [1.29, 1.82) is 0 Å². The van der Waals surface area contributed by atoms with Gasteiger partial charge in [-0.3, -0.25) is 4.79 Å². The van der Waals surface area contributed by atoms with Crippen LogP contribution in [-0.4, -0.2) is 44.4 Å². The molecule has 1 aliphatic heterocycles. The maximum Gasteiger partial charge on any atom is 0.264 e. The monoisotopic (exact) mass is 600 g/mol. The number of aliphatic hydroxyl groups is 1. The van der Waals surface area contributed by atoms with Gasteiger partial charge in [-0.15, -0.1) is 13.2 Å². The molecule has 0 spiro atoms. The van der Waals surface area contributed by atoms with Gasteiger partial charge in [-0.2, -0.15) is 0 Å². The predicted octanol–water partition coefficient (Wildman–Crippen LogP) is 6.05. The molecule has 0 radical (unpaired) electrons. The number of nitrogens with zero attached hydrogens (tertiary/aromatic N) is 1. The smallest absolute Gasteiger partial charge is 0.264 e. The van der Waals surface area contributed by atoms with Crippen LogP contribution in [0.5, 0.6) is 5.75 Å². The van der Waals surface area contributed by atoms with E-state index >= 15 is 0 Å². The van der Waals surface area contributed by atoms with Crippen LogP contribution in [0.25, 0.3) is 0 Å². The number of carbonyl (C=O) groups excluding carboxylic acids is 1. The lowest BCUT2D eigenvalue weighted by Gasteiger charge is -2.52. The van der Waals surface area contributed by atoms with Crippen LogP contribution in [-0.2, 0) is 23.1 Å². The fourth-order valence-electron chi connectivity index (χ4n) is 5.80. The molecule has 41 heavy (non-hydrogen) atoms. The Balaban J connectivity index is 1.67. The lowest BCUT2D eigenvalue weighted by Crippen LogP contribution is -2.51. The molecule has 0 saturated heterocycles. The van der Waals surface area contributed by atoms with E-state index in [1.54, 1.807) is 24.3 Å². The fourth-order valence-corrected chi connectivity index (χ4v) is 6.98. The second-order valence-electron chi connectivity index (χ2n) is 11.4. The number of rotatable bonds is 10. The molecule has 0 unspecified atom stereocenters. The second-order valence-corrected chi connectivity index (χ2v) is 13.7. The highest BCUT2D eigenvalue weighted by molar-refractivity contribution is 7.90. The normalized spacial score (nSPS) is 21.6. The largest absolute Gasteiger partial charge is 0.487 e. The third-order valence-corrected chi connectivity index (χ3v) is 10.1. The van der Waals surface area contributed by atoms with Crippen LogP contribution in [0.3, 0.4) is 0 Å². The number of allylic oxidation sites excluding steroid dienone is 1. The van der Waals surface area contributed by atoms with E-state index in [9.17, 15) is 18.3 Å². The number of nitrogens with one attached hydrogen (secondary N) is 1. The summed E-state index contributed by atoms with van der Waals surface area (Å²) in [6.45, 7) is 11.2. The van der Waals surface area contributed by atoms with Gasteiger partial charge in [0.05, 0.1) is 17.5 Å². The molecule has 4 rings (SSSR count). The number of aryl methyl sites for hydroxylation is 1. The highest BCUT2D eigenvalue weighted by Crippen LogP contribution is 2.51. The van der Waals surface area contributed by atoms with E-state index < -0.39 is 22.0 Å². The van der Waals surface area contributed by atoms with Gasteiger partial charge in [0.1, 0.15) is 12.4 Å². The van der Waals surface area contributed by atoms with Gasteiger partial charge in [0.25, 0.3) is 5.91 Å². The summed E-state index contributed by atoms with van der Waals surface area (Å²) in [5.41, 5.74) is 2.97. The molecule has 1 heterocycles. The number of hydrogen-bond donors (Lipinski definition) is 2. The molecule has 7 nitrogen and oxygen atoms in total. The summed E-state index contributed by atoms with van der Waals surface area (Å²) < 4.78 is 33.4. The van der Waals surface area contributed by atoms with Crippen LogP contribution in [0.1, 0.15) is 66.9 Å². The summed E-state index contributed by atoms with van der Waals surface area (Å²) in [4.78, 5) is 15.3. The van der Waals surface area contributed by atoms with Crippen LogP contribution in [0, 0.1) is 11.3 Å². The summed E-state index contributed by atoms with van der Waals surface area (Å²) >= 11 is 6.29. The van der Waals surface area contributed by atoms with E-state index in [4.69, 9.17) is 16.3 Å². The fraction of sp³-hybridized carbons (Fsp3) is 0.469. The van der Waals surface area contributed by atoms with E-state index in [1.165, 1.54) is 6.08 Å². The molecule has 1 saturated carbocycles. The van der Waals surface area contributed by atoms with Crippen molar-refractivity contribution >= 4 is 33.2 Å². The quantitative estimate of drug-likeness (QED) is 0.322. The number of ether oxygens (including phenoxy) is 1. The average molecular weight is 601 g/mol. The Kier molecular flexibility index (Phi) is 10.2. The van der Waals surface area contributed by atoms with Crippen LogP contribution in [0.15, 0.2) is 61.7 Å². The van der Waals surface area contributed by atoms with Crippen molar-refractivity contribution in [3.8, 4) is 5.75 Å². The molecule has 2 aromatic rings. The molecule has 1 fully saturated rings. The minimum atomic E-state index is -3.80. The molecule has 3 atom stereocenters. The molecule has 1 amide bonds. The lowest BCUT2D eigenvalue weighted by atomic mass is 9.57. The van der Waals surface area contributed by atoms with Gasteiger partial charge < -0.3 is 14.7 Å². The number of anilines is 1. The minimum absolute atomic E-state index is 0.209. The van der Waals surface area contributed by atoms with Crippen molar-refractivity contribution in [3.63, 3.8) is 0 Å². The molecule has 222 valence electrons. The number of carbonyl (C=O) groups is 1. The highest BCUT2D eigenvalue weighted by Gasteiger charge is 2.48. The first kappa shape index (κ1) is 31.1. The molecule has 0 bridgehead atoms. The van der Waals surface area contributed by atoms with Gasteiger partial charge in [0.15, 0.2) is 0 Å². The lowest BCUT2D eigenvalue weighted by molar-refractivity contribution is -0.0693. The number of hydrogen-bond acceptors (Lipinski definition) is 6. The number of fused-ring (bicyclic) bond motifs is 2. The second kappa shape index (κ2) is 13.4. The summed E-state index contributed by atoms with van der Waals surface area (Å²) in [5, 5.41) is 11.6. The van der Waals surface area contributed by atoms with Crippen LogP contribution in [0.2, 0.25) is 5.02 Å². The SMILES string of the molecule is C=CCCS(=O)(=O)NC(=O)c1ccc2c(c1)N(C[C@H]1CC[C@@]1(C)[C@@H](O)CC=C)CCCCc1cc(Cl)ccc1CO2. The first-order valence-corrected chi connectivity index (χ1v) is 16.3. The van der Waals surface area contributed by atoms with Crippen LogP contribution >= 0.6 is 11.6 Å².